The van der Waals surface area contributed by atoms with Gasteiger partial charge in [-0.1, -0.05) is 42.2 Å². The fourth-order valence-corrected chi connectivity index (χ4v) is 1.57. The van der Waals surface area contributed by atoms with E-state index in [1.807, 2.05) is 48.6 Å². The average molecular weight is 250 g/mol. The highest BCUT2D eigenvalue weighted by atomic mass is 15.1. The number of aromatic nitrogens is 2. The Kier molecular flexibility index (Phi) is 3.87. The van der Waals surface area contributed by atoms with Crippen molar-refractivity contribution in [2.24, 2.45) is 5.41 Å². The Hall–Kier alpha value is -2.27. The summed E-state index contributed by atoms with van der Waals surface area (Å²) in [6.07, 6.45) is 3.80. The second-order valence-electron chi connectivity index (χ2n) is 5.43. The lowest BCUT2D eigenvalue weighted by molar-refractivity contribution is 0.571. The minimum Gasteiger partial charge on any atom is -0.278 e. The zero-order valence-electron chi connectivity index (χ0n) is 11.6. The number of rotatable bonds is 2. The Labute approximate surface area is 114 Å². The lowest BCUT2D eigenvalue weighted by atomic mass is 9.98. The molecule has 1 aromatic heterocycles. The number of benzene rings is 1. The summed E-state index contributed by atoms with van der Waals surface area (Å²) in [5, 5.41) is 7.29. The van der Waals surface area contributed by atoms with Crippen LogP contribution < -0.4 is 0 Å². The van der Waals surface area contributed by atoms with Crippen molar-refractivity contribution in [2.45, 2.75) is 20.8 Å². The number of hydrogen-bond acceptors (Lipinski definition) is 1. The molecule has 2 heteroatoms. The number of nitrogens with zero attached hydrogens (tertiary/aromatic N) is 1. The van der Waals surface area contributed by atoms with Gasteiger partial charge >= 0.3 is 0 Å². The Bertz CT molecular complexity index is 617. The Morgan fingerprint density at radius 3 is 2.58 bits per heavy atom. The maximum Gasteiger partial charge on any atom is 0.0926 e. The van der Waals surface area contributed by atoms with Crippen molar-refractivity contribution in [3.8, 4) is 23.1 Å². The molecule has 0 bridgehead atoms. The molecule has 0 amide bonds. The number of aromatic amines is 1. The summed E-state index contributed by atoms with van der Waals surface area (Å²) in [5.41, 5.74) is 3.05. The topological polar surface area (TPSA) is 28.7 Å². The molecule has 1 heterocycles. The van der Waals surface area contributed by atoms with Crippen LogP contribution in [0.5, 0.6) is 0 Å². The van der Waals surface area contributed by atoms with Gasteiger partial charge in [0.2, 0.25) is 0 Å². The fourth-order valence-electron chi connectivity index (χ4n) is 1.57. The van der Waals surface area contributed by atoms with E-state index in [2.05, 4.69) is 42.8 Å². The van der Waals surface area contributed by atoms with E-state index >= 15 is 0 Å². The van der Waals surface area contributed by atoms with Crippen LogP contribution in [0.15, 0.2) is 42.5 Å². The third-order valence-electron chi connectivity index (χ3n) is 2.46. The molecule has 0 spiro atoms. The van der Waals surface area contributed by atoms with Crippen LogP contribution in [-0.4, -0.2) is 10.2 Å². The molecule has 19 heavy (non-hydrogen) atoms. The summed E-state index contributed by atoms with van der Waals surface area (Å²) >= 11 is 0. The van der Waals surface area contributed by atoms with Crippen LogP contribution in [0.3, 0.4) is 0 Å². The van der Waals surface area contributed by atoms with Crippen LogP contribution >= 0.6 is 0 Å². The molecular weight excluding hydrogens is 232 g/mol. The van der Waals surface area contributed by atoms with Gasteiger partial charge < -0.3 is 0 Å². The molecule has 0 radical (unpaired) electrons. The van der Waals surface area contributed by atoms with Gasteiger partial charge in [0, 0.05) is 11.0 Å². The van der Waals surface area contributed by atoms with E-state index in [4.69, 9.17) is 0 Å². The van der Waals surface area contributed by atoms with Gasteiger partial charge in [-0.25, -0.2) is 0 Å². The van der Waals surface area contributed by atoms with E-state index in [9.17, 15) is 0 Å². The van der Waals surface area contributed by atoms with Crippen molar-refractivity contribution in [3.63, 3.8) is 0 Å². The standard InChI is InChI=1S/C17H18N2/c1-17(2,3)12-8-7-11-15-13-16(19-18-15)14-9-5-4-6-10-14/h4-7,9-11,13H,1-3H3,(H,18,19)/b11-7+. The molecule has 2 nitrogen and oxygen atoms in total. The molecular formula is C17H18N2. The first-order valence-electron chi connectivity index (χ1n) is 6.35. The van der Waals surface area contributed by atoms with Crippen LogP contribution in [0, 0.1) is 17.3 Å². The summed E-state index contributed by atoms with van der Waals surface area (Å²) in [4.78, 5) is 0. The van der Waals surface area contributed by atoms with Gasteiger partial charge in [-0.3, -0.25) is 5.10 Å². The quantitative estimate of drug-likeness (QED) is 0.797. The van der Waals surface area contributed by atoms with Crippen molar-refractivity contribution < 1.29 is 0 Å². The van der Waals surface area contributed by atoms with Crippen molar-refractivity contribution in [1.29, 1.82) is 0 Å². The summed E-state index contributed by atoms with van der Waals surface area (Å²) in [6.45, 7) is 6.28. The summed E-state index contributed by atoms with van der Waals surface area (Å²) in [6, 6.07) is 12.1. The van der Waals surface area contributed by atoms with Gasteiger partial charge in [0.15, 0.2) is 0 Å². The van der Waals surface area contributed by atoms with Gasteiger partial charge in [0.1, 0.15) is 0 Å². The predicted octanol–water partition coefficient (Wildman–Crippen LogP) is 4.14. The molecule has 1 aromatic carbocycles. The highest BCUT2D eigenvalue weighted by Crippen LogP contribution is 2.17. The average Bonchev–Trinajstić information content (AvgIpc) is 2.83. The fraction of sp³-hybridized carbons (Fsp3) is 0.235. The van der Waals surface area contributed by atoms with E-state index in [1.54, 1.807) is 0 Å². The monoisotopic (exact) mass is 250 g/mol. The van der Waals surface area contributed by atoms with E-state index in [1.165, 1.54) is 0 Å². The minimum absolute atomic E-state index is 0.0352. The van der Waals surface area contributed by atoms with Gasteiger partial charge in [-0.2, -0.15) is 5.10 Å². The van der Waals surface area contributed by atoms with Crippen molar-refractivity contribution in [3.05, 3.63) is 48.2 Å². The molecule has 0 aliphatic carbocycles. The Morgan fingerprint density at radius 1 is 1.16 bits per heavy atom. The predicted molar refractivity (Wildman–Crippen MR) is 80.3 cm³/mol. The first kappa shape index (κ1) is 13.2. The molecule has 0 aliphatic rings. The van der Waals surface area contributed by atoms with Gasteiger partial charge in [-0.05, 0) is 39.0 Å². The van der Waals surface area contributed by atoms with Crippen LogP contribution in [0.4, 0.5) is 0 Å². The SMILES string of the molecule is CC(C)(C)C#C/C=C/c1cc(-c2ccccc2)n[nH]1. The molecule has 96 valence electrons. The van der Waals surface area contributed by atoms with Crippen molar-refractivity contribution in [1.82, 2.24) is 10.2 Å². The van der Waals surface area contributed by atoms with Gasteiger partial charge in [-0.15, -0.1) is 0 Å². The first-order valence-corrected chi connectivity index (χ1v) is 6.35. The van der Waals surface area contributed by atoms with Gasteiger partial charge in [0.25, 0.3) is 0 Å². The largest absolute Gasteiger partial charge is 0.278 e. The zero-order valence-corrected chi connectivity index (χ0v) is 11.6. The van der Waals surface area contributed by atoms with Crippen LogP contribution in [0.2, 0.25) is 0 Å². The second-order valence-corrected chi connectivity index (χ2v) is 5.43. The van der Waals surface area contributed by atoms with Crippen molar-refractivity contribution in [2.75, 3.05) is 0 Å². The molecule has 0 aliphatic heterocycles. The Morgan fingerprint density at radius 2 is 1.89 bits per heavy atom. The van der Waals surface area contributed by atoms with Gasteiger partial charge in [0.05, 0.1) is 11.4 Å². The van der Waals surface area contributed by atoms with Crippen LogP contribution in [0.1, 0.15) is 26.5 Å². The Balaban J connectivity index is 2.10. The number of hydrogen-bond donors (Lipinski definition) is 1. The van der Waals surface area contributed by atoms with Crippen molar-refractivity contribution >= 4 is 6.08 Å². The highest BCUT2D eigenvalue weighted by molar-refractivity contribution is 5.62. The number of H-pyrrole nitrogens is 1. The lowest BCUT2D eigenvalue weighted by Crippen LogP contribution is -1.98. The lowest BCUT2D eigenvalue weighted by Gasteiger charge is -2.05. The summed E-state index contributed by atoms with van der Waals surface area (Å²) in [7, 11) is 0. The highest BCUT2D eigenvalue weighted by Gasteiger charge is 2.02. The molecule has 2 rings (SSSR count). The number of allylic oxidation sites excluding steroid dienone is 1. The third kappa shape index (κ3) is 4.15. The molecule has 0 unspecified atom stereocenters. The maximum absolute atomic E-state index is 4.29. The van der Waals surface area contributed by atoms with E-state index in [0.717, 1.165) is 17.0 Å². The van der Waals surface area contributed by atoms with E-state index in [0.29, 0.717) is 0 Å². The second kappa shape index (κ2) is 5.58. The normalized spacial score (nSPS) is 11.3. The molecule has 1 N–H and O–H groups in total. The maximum atomic E-state index is 4.29. The molecule has 0 atom stereocenters. The molecule has 2 aromatic rings. The summed E-state index contributed by atoms with van der Waals surface area (Å²) in [5.74, 6) is 6.20. The van der Waals surface area contributed by atoms with Crippen LogP contribution in [-0.2, 0) is 0 Å². The third-order valence-corrected chi connectivity index (χ3v) is 2.46. The summed E-state index contributed by atoms with van der Waals surface area (Å²) < 4.78 is 0. The van der Waals surface area contributed by atoms with E-state index < -0.39 is 0 Å². The smallest absolute Gasteiger partial charge is 0.0926 e. The zero-order chi connectivity index (χ0) is 13.7. The first-order chi connectivity index (χ1) is 9.04. The molecule has 0 fully saturated rings. The minimum atomic E-state index is 0.0352. The molecule has 0 saturated heterocycles. The number of nitrogens with one attached hydrogen (secondary N) is 1. The van der Waals surface area contributed by atoms with Crippen LogP contribution in [0.25, 0.3) is 17.3 Å². The molecule has 0 saturated carbocycles. The van der Waals surface area contributed by atoms with E-state index in [-0.39, 0.29) is 5.41 Å².